The molecule has 1 saturated carbocycles. The minimum absolute atomic E-state index is 0.0322. The minimum Gasteiger partial charge on any atom is -0.355 e. The van der Waals surface area contributed by atoms with Gasteiger partial charge in [-0.15, -0.1) is 0 Å². The number of rotatable bonds is 6. The van der Waals surface area contributed by atoms with Crippen LogP contribution >= 0.6 is 0 Å². The van der Waals surface area contributed by atoms with Crippen LogP contribution < -0.4 is 11.1 Å². The Hall–Kier alpha value is -2.03. The molecule has 29 heavy (non-hydrogen) atoms. The second kappa shape index (κ2) is 10.1. The Labute approximate surface area is 166 Å². The zero-order valence-electron chi connectivity index (χ0n) is 16.2. The third kappa shape index (κ3) is 8.47. The molecule has 164 valence electrons. The summed E-state index contributed by atoms with van der Waals surface area (Å²) >= 11 is 0. The lowest BCUT2D eigenvalue weighted by Gasteiger charge is -2.22. The maximum absolute atomic E-state index is 12.4. The fourth-order valence-corrected chi connectivity index (χ4v) is 3.28. The molecule has 3 nitrogen and oxygen atoms in total. The van der Waals surface area contributed by atoms with Gasteiger partial charge in [0.1, 0.15) is 0 Å². The van der Waals surface area contributed by atoms with E-state index in [4.69, 9.17) is 5.73 Å². The summed E-state index contributed by atoms with van der Waals surface area (Å²) in [4.78, 5) is 9.99. The molecular weight excluding hydrogens is 398 g/mol. The monoisotopic (exact) mass is 424 g/mol. The first-order chi connectivity index (χ1) is 13.3. The van der Waals surface area contributed by atoms with Crippen molar-refractivity contribution in [2.24, 2.45) is 11.1 Å². The van der Waals surface area contributed by atoms with Gasteiger partial charge in [-0.2, -0.15) is 26.3 Å². The number of alkyl halides is 6. The predicted molar refractivity (Wildman–Crippen MR) is 98.7 cm³/mol. The van der Waals surface area contributed by atoms with Crippen molar-refractivity contribution in [3.8, 4) is 0 Å². The highest BCUT2D eigenvalue weighted by Gasteiger charge is 2.36. The van der Waals surface area contributed by atoms with E-state index in [2.05, 4.69) is 13.5 Å². The van der Waals surface area contributed by atoms with E-state index >= 15 is 0 Å². The Balaban J connectivity index is 0.000000326. The van der Waals surface area contributed by atoms with E-state index in [1.165, 1.54) is 37.7 Å². The van der Waals surface area contributed by atoms with Crippen LogP contribution in [-0.2, 0) is 23.7 Å². The maximum Gasteiger partial charge on any atom is 0.416 e. The molecule has 1 fully saturated rings. The Morgan fingerprint density at radius 2 is 1.69 bits per heavy atom. The number of carbonyl (C=O) groups excluding carboxylic acids is 1. The Morgan fingerprint density at radius 1 is 1.14 bits per heavy atom. The normalized spacial score (nSPS) is 19.5. The van der Waals surface area contributed by atoms with Crippen LogP contribution in [0.4, 0.5) is 26.3 Å². The van der Waals surface area contributed by atoms with Gasteiger partial charge >= 0.3 is 12.4 Å². The van der Waals surface area contributed by atoms with Crippen LogP contribution in [0.5, 0.6) is 0 Å². The first kappa shape index (κ1) is 25.0. The van der Waals surface area contributed by atoms with Gasteiger partial charge in [0, 0.05) is 6.54 Å². The number of hydrogen-bond donors (Lipinski definition) is 2. The number of nitrogens with two attached hydrogens (primary N) is 1. The number of nitrogens with one attached hydrogen (secondary N) is 1. The summed E-state index contributed by atoms with van der Waals surface area (Å²) < 4.78 is 74.4. The van der Waals surface area contributed by atoms with Crippen molar-refractivity contribution in [2.45, 2.75) is 57.9 Å². The zero-order chi connectivity index (χ0) is 22.3. The molecule has 0 aromatic heterocycles. The SMILES string of the molecule is C=C1CCC(C)(CCCN)C1.O=CNCc1cc(C(F)(F)F)cc(C(F)(F)F)c1. The topological polar surface area (TPSA) is 55.1 Å². The molecule has 1 atom stereocenters. The summed E-state index contributed by atoms with van der Waals surface area (Å²) in [6.45, 7) is 6.82. The number of halogens is 6. The van der Waals surface area contributed by atoms with Crippen LogP contribution in [0.15, 0.2) is 30.4 Å². The Kier molecular flexibility index (Phi) is 8.74. The van der Waals surface area contributed by atoms with Crippen molar-refractivity contribution in [3.05, 3.63) is 47.0 Å². The fourth-order valence-electron chi connectivity index (χ4n) is 3.28. The highest BCUT2D eigenvalue weighted by molar-refractivity contribution is 5.46. The number of carbonyl (C=O) groups is 1. The van der Waals surface area contributed by atoms with Gasteiger partial charge in [0.2, 0.25) is 6.41 Å². The summed E-state index contributed by atoms with van der Waals surface area (Å²) in [5.41, 5.74) is 4.37. The molecule has 1 aromatic carbocycles. The lowest BCUT2D eigenvalue weighted by Crippen LogP contribution is -2.15. The largest absolute Gasteiger partial charge is 0.416 e. The van der Waals surface area contributed by atoms with Crippen molar-refractivity contribution in [2.75, 3.05) is 6.54 Å². The first-order valence-electron chi connectivity index (χ1n) is 9.13. The van der Waals surface area contributed by atoms with Gasteiger partial charge in [0.25, 0.3) is 0 Å². The molecule has 0 heterocycles. The summed E-state index contributed by atoms with van der Waals surface area (Å²) in [5, 5.41) is 2.01. The standard InChI is InChI=1S/C10H7F6NO.C10H19N/c11-9(12,13)7-1-6(4-17-5-18)2-8(3-7)10(14,15)16;1-9-4-6-10(2,8-9)5-3-7-11/h1-3,5H,4H2,(H,17,18);1,3-8,11H2,2H3. The third-order valence-corrected chi connectivity index (χ3v) is 4.78. The van der Waals surface area contributed by atoms with E-state index in [1.807, 2.05) is 5.32 Å². The van der Waals surface area contributed by atoms with Gasteiger partial charge < -0.3 is 11.1 Å². The van der Waals surface area contributed by atoms with E-state index in [0.29, 0.717) is 17.5 Å². The third-order valence-electron chi connectivity index (χ3n) is 4.78. The van der Waals surface area contributed by atoms with Crippen LogP contribution in [0, 0.1) is 5.41 Å². The van der Waals surface area contributed by atoms with Crippen molar-refractivity contribution in [1.29, 1.82) is 0 Å². The van der Waals surface area contributed by atoms with Gasteiger partial charge in [-0.25, -0.2) is 0 Å². The van der Waals surface area contributed by atoms with Gasteiger partial charge in [-0.3, -0.25) is 4.79 Å². The summed E-state index contributed by atoms with van der Waals surface area (Å²) in [5.74, 6) is 0. The van der Waals surface area contributed by atoms with Crippen molar-refractivity contribution in [3.63, 3.8) is 0 Å². The van der Waals surface area contributed by atoms with E-state index in [9.17, 15) is 31.1 Å². The molecule has 3 N–H and O–H groups in total. The zero-order valence-corrected chi connectivity index (χ0v) is 16.2. The van der Waals surface area contributed by atoms with Gasteiger partial charge in [-0.05, 0) is 67.8 Å². The average molecular weight is 424 g/mol. The smallest absolute Gasteiger partial charge is 0.355 e. The number of hydrogen-bond acceptors (Lipinski definition) is 2. The molecule has 0 saturated heterocycles. The highest BCUT2D eigenvalue weighted by Crippen LogP contribution is 2.43. The minimum atomic E-state index is -4.88. The molecule has 0 aliphatic heterocycles. The second-order valence-electron chi connectivity index (χ2n) is 7.54. The molecule has 1 amide bonds. The van der Waals surface area contributed by atoms with Crippen molar-refractivity contribution < 1.29 is 31.1 Å². The molecular formula is C20H26F6N2O. The molecule has 0 bridgehead atoms. The quantitative estimate of drug-likeness (QED) is 0.363. The maximum atomic E-state index is 12.4. The number of benzene rings is 1. The van der Waals surface area contributed by atoms with E-state index in [0.717, 1.165) is 6.54 Å². The summed E-state index contributed by atoms with van der Waals surface area (Å²) in [7, 11) is 0. The lowest BCUT2D eigenvalue weighted by atomic mass is 9.84. The van der Waals surface area contributed by atoms with Gasteiger partial charge in [0.05, 0.1) is 11.1 Å². The highest BCUT2D eigenvalue weighted by atomic mass is 19.4. The predicted octanol–water partition coefficient (Wildman–Crippen LogP) is 5.44. The second-order valence-corrected chi connectivity index (χ2v) is 7.54. The molecule has 0 spiro atoms. The van der Waals surface area contributed by atoms with E-state index in [-0.39, 0.29) is 18.0 Å². The van der Waals surface area contributed by atoms with Gasteiger partial charge in [0.15, 0.2) is 0 Å². The van der Waals surface area contributed by atoms with E-state index in [1.54, 1.807) is 0 Å². The average Bonchev–Trinajstić information content (AvgIpc) is 2.96. The van der Waals surface area contributed by atoms with Crippen LogP contribution in [0.1, 0.15) is 55.7 Å². The first-order valence-corrected chi connectivity index (χ1v) is 9.13. The van der Waals surface area contributed by atoms with Crippen LogP contribution in [-0.4, -0.2) is 13.0 Å². The molecule has 1 unspecified atom stereocenters. The summed E-state index contributed by atoms with van der Waals surface area (Å²) in [6.07, 6.45) is -3.33. The molecule has 1 aromatic rings. The number of amides is 1. The summed E-state index contributed by atoms with van der Waals surface area (Å²) in [6, 6.07) is 1.15. The number of allylic oxidation sites excluding steroid dienone is 1. The lowest BCUT2D eigenvalue weighted by molar-refractivity contribution is -0.143. The van der Waals surface area contributed by atoms with E-state index < -0.39 is 30.0 Å². The van der Waals surface area contributed by atoms with Crippen LogP contribution in [0.25, 0.3) is 0 Å². The molecule has 1 aliphatic carbocycles. The van der Waals surface area contributed by atoms with Gasteiger partial charge in [-0.1, -0.05) is 19.1 Å². The van der Waals surface area contributed by atoms with Crippen molar-refractivity contribution >= 4 is 6.41 Å². The molecule has 0 radical (unpaired) electrons. The van der Waals surface area contributed by atoms with Crippen molar-refractivity contribution in [1.82, 2.24) is 5.32 Å². The van der Waals surface area contributed by atoms with Crippen LogP contribution in [0.3, 0.4) is 0 Å². The Bertz CT molecular complexity index is 667. The molecule has 2 rings (SSSR count). The molecule has 9 heteroatoms. The fraction of sp³-hybridized carbons (Fsp3) is 0.550. The molecule has 1 aliphatic rings. The Morgan fingerprint density at radius 3 is 2.07 bits per heavy atom. The van der Waals surface area contributed by atoms with Crippen LogP contribution in [0.2, 0.25) is 0 Å².